The fraction of sp³-hybridized carbons (Fsp3) is 0.474. The van der Waals surface area contributed by atoms with Gasteiger partial charge in [0, 0.05) is 13.1 Å². The average Bonchev–Trinajstić information content (AvgIpc) is 2.72. The van der Waals surface area contributed by atoms with Crippen molar-refractivity contribution in [1.29, 1.82) is 0 Å². The van der Waals surface area contributed by atoms with Crippen molar-refractivity contribution in [2.75, 3.05) is 50.4 Å². The van der Waals surface area contributed by atoms with Crippen molar-refractivity contribution in [3.8, 4) is 0 Å². The van der Waals surface area contributed by atoms with E-state index >= 15 is 0 Å². The van der Waals surface area contributed by atoms with Gasteiger partial charge in [-0.05, 0) is 31.4 Å². The maximum Gasteiger partial charge on any atom is 0.355 e. The highest BCUT2D eigenvalue weighted by atomic mass is 16.5. The summed E-state index contributed by atoms with van der Waals surface area (Å²) in [6, 6.07) is 7.84. The topological polar surface area (TPSA) is 68.3 Å². The molecular formula is C19H24N2O5. The summed E-state index contributed by atoms with van der Waals surface area (Å²) in [6.45, 7) is 2.11. The maximum atomic E-state index is 12.5. The molecule has 0 N–H and O–H groups in total. The first kappa shape index (κ1) is 18.3. The summed E-state index contributed by atoms with van der Waals surface area (Å²) in [5.41, 5.74) is 2.17. The molecule has 0 aromatic heterocycles. The molecule has 7 nitrogen and oxygen atoms in total. The second kappa shape index (κ2) is 8.23. The summed E-state index contributed by atoms with van der Waals surface area (Å²) in [6.07, 6.45) is 3.50. The number of esters is 2. The van der Waals surface area contributed by atoms with E-state index in [1.807, 2.05) is 24.3 Å². The first-order chi connectivity index (χ1) is 12.7. The molecule has 2 heterocycles. The third-order valence-corrected chi connectivity index (χ3v) is 4.70. The Morgan fingerprint density at radius 1 is 0.962 bits per heavy atom. The van der Waals surface area contributed by atoms with Gasteiger partial charge in [-0.2, -0.15) is 0 Å². The fourth-order valence-corrected chi connectivity index (χ4v) is 3.43. The number of carbonyl (C=O) groups is 2. The third-order valence-electron chi connectivity index (χ3n) is 4.70. The second-order valence-electron chi connectivity index (χ2n) is 6.25. The van der Waals surface area contributed by atoms with Crippen molar-refractivity contribution >= 4 is 23.3 Å². The minimum absolute atomic E-state index is 0.0134. The molecule has 0 radical (unpaired) electrons. The number of rotatable bonds is 4. The molecular weight excluding hydrogens is 336 g/mol. The van der Waals surface area contributed by atoms with Crippen LogP contribution in [0.4, 0.5) is 11.4 Å². The minimum atomic E-state index is -0.592. The number of methoxy groups -OCH3 is 2. The zero-order valence-electron chi connectivity index (χ0n) is 15.2. The van der Waals surface area contributed by atoms with Gasteiger partial charge in [-0.25, -0.2) is 9.59 Å². The SMILES string of the molecule is COC(=O)C1=C(C(=O)OC)N(c2ccccc2N2CCCCC2)COC1. The lowest BCUT2D eigenvalue weighted by atomic mass is 10.1. The molecule has 0 spiro atoms. The van der Waals surface area contributed by atoms with Gasteiger partial charge in [0.25, 0.3) is 0 Å². The van der Waals surface area contributed by atoms with Crippen LogP contribution in [0.15, 0.2) is 35.5 Å². The van der Waals surface area contributed by atoms with Crippen molar-refractivity contribution in [3.63, 3.8) is 0 Å². The average molecular weight is 360 g/mol. The number of hydrogen-bond acceptors (Lipinski definition) is 7. The molecule has 0 unspecified atom stereocenters. The van der Waals surface area contributed by atoms with Crippen LogP contribution in [0.3, 0.4) is 0 Å². The number of benzene rings is 1. The van der Waals surface area contributed by atoms with E-state index in [0.717, 1.165) is 37.3 Å². The molecule has 140 valence electrons. The first-order valence-corrected chi connectivity index (χ1v) is 8.76. The molecule has 1 aromatic carbocycles. The normalized spacial score (nSPS) is 17.9. The number of nitrogens with zero attached hydrogens (tertiary/aromatic N) is 2. The number of carbonyl (C=O) groups excluding carboxylic acids is 2. The lowest BCUT2D eigenvalue weighted by Gasteiger charge is -2.36. The third kappa shape index (κ3) is 3.53. The van der Waals surface area contributed by atoms with E-state index < -0.39 is 11.9 Å². The first-order valence-electron chi connectivity index (χ1n) is 8.76. The molecule has 0 aliphatic carbocycles. The Hall–Kier alpha value is -2.54. The number of anilines is 2. The summed E-state index contributed by atoms with van der Waals surface area (Å²) in [5.74, 6) is -1.17. The summed E-state index contributed by atoms with van der Waals surface area (Å²) < 4.78 is 15.3. The molecule has 1 fully saturated rings. The van der Waals surface area contributed by atoms with Crippen LogP contribution < -0.4 is 9.80 Å². The Balaban J connectivity index is 2.07. The van der Waals surface area contributed by atoms with Crippen LogP contribution >= 0.6 is 0 Å². The van der Waals surface area contributed by atoms with Gasteiger partial charge in [-0.1, -0.05) is 12.1 Å². The summed E-state index contributed by atoms with van der Waals surface area (Å²) in [7, 11) is 2.58. The molecule has 3 rings (SSSR count). The Morgan fingerprint density at radius 3 is 2.27 bits per heavy atom. The predicted octanol–water partition coefficient (Wildman–Crippen LogP) is 2.07. The smallest absolute Gasteiger partial charge is 0.355 e. The van der Waals surface area contributed by atoms with E-state index in [4.69, 9.17) is 14.2 Å². The molecule has 1 saturated heterocycles. The van der Waals surface area contributed by atoms with E-state index in [2.05, 4.69) is 4.90 Å². The van der Waals surface area contributed by atoms with Gasteiger partial charge in [0.15, 0.2) is 0 Å². The Labute approximate surface area is 153 Å². The molecule has 26 heavy (non-hydrogen) atoms. The van der Waals surface area contributed by atoms with E-state index in [-0.39, 0.29) is 24.6 Å². The van der Waals surface area contributed by atoms with Crippen LogP contribution in [-0.2, 0) is 23.8 Å². The van der Waals surface area contributed by atoms with Gasteiger partial charge in [-0.15, -0.1) is 0 Å². The highest BCUT2D eigenvalue weighted by molar-refractivity contribution is 6.04. The van der Waals surface area contributed by atoms with E-state index in [1.165, 1.54) is 20.6 Å². The van der Waals surface area contributed by atoms with Gasteiger partial charge in [0.2, 0.25) is 0 Å². The number of piperidine rings is 1. The molecule has 0 atom stereocenters. The van der Waals surface area contributed by atoms with Crippen LogP contribution in [0.25, 0.3) is 0 Å². The molecule has 1 aromatic rings. The molecule has 2 aliphatic rings. The second-order valence-corrected chi connectivity index (χ2v) is 6.25. The zero-order chi connectivity index (χ0) is 18.5. The number of para-hydroxylation sites is 2. The van der Waals surface area contributed by atoms with Gasteiger partial charge < -0.3 is 24.0 Å². The van der Waals surface area contributed by atoms with Crippen LogP contribution in [-0.4, -0.2) is 52.6 Å². The minimum Gasteiger partial charge on any atom is -0.466 e. The highest BCUT2D eigenvalue weighted by Crippen LogP contribution is 2.35. The molecule has 7 heteroatoms. The van der Waals surface area contributed by atoms with Gasteiger partial charge in [0.1, 0.15) is 12.4 Å². The summed E-state index contributed by atoms with van der Waals surface area (Å²) >= 11 is 0. The van der Waals surface area contributed by atoms with Crippen LogP contribution in [0.1, 0.15) is 19.3 Å². The van der Waals surface area contributed by atoms with Crippen molar-refractivity contribution in [3.05, 3.63) is 35.5 Å². The number of hydrogen-bond donors (Lipinski definition) is 0. The Morgan fingerprint density at radius 2 is 1.62 bits per heavy atom. The monoisotopic (exact) mass is 360 g/mol. The lowest BCUT2D eigenvalue weighted by Crippen LogP contribution is -2.40. The van der Waals surface area contributed by atoms with Crippen LogP contribution in [0, 0.1) is 0 Å². The van der Waals surface area contributed by atoms with E-state index in [0.29, 0.717) is 0 Å². The largest absolute Gasteiger partial charge is 0.466 e. The summed E-state index contributed by atoms with van der Waals surface area (Å²) in [4.78, 5) is 28.6. The van der Waals surface area contributed by atoms with Crippen molar-refractivity contribution in [2.24, 2.45) is 0 Å². The van der Waals surface area contributed by atoms with Crippen LogP contribution in [0.2, 0.25) is 0 Å². The van der Waals surface area contributed by atoms with E-state index in [1.54, 1.807) is 4.90 Å². The fourth-order valence-electron chi connectivity index (χ4n) is 3.43. The molecule has 0 bridgehead atoms. The number of ether oxygens (including phenoxy) is 3. The lowest BCUT2D eigenvalue weighted by molar-refractivity contribution is -0.140. The maximum absolute atomic E-state index is 12.5. The van der Waals surface area contributed by atoms with Gasteiger partial charge in [0.05, 0.1) is 37.8 Å². The van der Waals surface area contributed by atoms with Crippen molar-refractivity contribution in [2.45, 2.75) is 19.3 Å². The standard InChI is InChI=1S/C19H24N2O5/c1-24-18(22)14-12-26-13-21(17(14)19(23)25-2)16-9-5-4-8-15(16)20-10-6-3-7-11-20/h4-5,8-9H,3,6-7,10-13H2,1-2H3. The molecule has 2 aliphatic heterocycles. The highest BCUT2D eigenvalue weighted by Gasteiger charge is 2.33. The van der Waals surface area contributed by atoms with Crippen LogP contribution in [0.5, 0.6) is 0 Å². The Kier molecular flexibility index (Phi) is 5.78. The van der Waals surface area contributed by atoms with Crippen molar-refractivity contribution in [1.82, 2.24) is 0 Å². The molecule has 0 amide bonds. The van der Waals surface area contributed by atoms with Gasteiger partial charge >= 0.3 is 11.9 Å². The van der Waals surface area contributed by atoms with E-state index in [9.17, 15) is 9.59 Å². The quantitative estimate of drug-likeness (QED) is 0.762. The van der Waals surface area contributed by atoms with Gasteiger partial charge in [-0.3, -0.25) is 0 Å². The molecule has 0 saturated carbocycles. The zero-order valence-corrected chi connectivity index (χ0v) is 15.2. The van der Waals surface area contributed by atoms with Crippen molar-refractivity contribution < 1.29 is 23.8 Å². The predicted molar refractivity (Wildman–Crippen MR) is 96.9 cm³/mol. The Bertz CT molecular complexity index is 710. The summed E-state index contributed by atoms with van der Waals surface area (Å²) in [5, 5.41) is 0.